The van der Waals surface area contributed by atoms with Crippen LogP contribution in [0.25, 0.3) is 0 Å². The molecule has 0 saturated heterocycles. The van der Waals surface area contributed by atoms with E-state index >= 15 is 0 Å². The monoisotopic (exact) mass is 399 g/mol. The van der Waals surface area contributed by atoms with Crippen molar-refractivity contribution in [2.45, 2.75) is 27.3 Å². The van der Waals surface area contributed by atoms with Gasteiger partial charge in [-0.1, -0.05) is 6.07 Å². The maximum atomic E-state index is 12.3. The van der Waals surface area contributed by atoms with Crippen LogP contribution in [0, 0.1) is 10.1 Å². The van der Waals surface area contributed by atoms with Crippen molar-refractivity contribution in [2.24, 2.45) is 5.10 Å². The number of hydrogen-bond donors (Lipinski definition) is 2. The molecule has 8 heteroatoms. The van der Waals surface area contributed by atoms with Gasteiger partial charge in [-0.25, -0.2) is 5.43 Å². The summed E-state index contributed by atoms with van der Waals surface area (Å²) in [6.45, 7) is 8.93. The molecule has 0 aliphatic rings. The summed E-state index contributed by atoms with van der Waals surface area (Å²) in [6.07, 6.45) is 0. The van der Waals surface area contributed by atoms with Crippen LogP contribution in [0.4, 0.5) is 5.69 Å². The molecule has 8 nitrogen and oxygen atoms in total. The highest BCUT2D eigenvalue weighted by molar-refractivity contribution is 6.01. The fourth-order valence-electron chi connectivity index (χ4n) is 2.94. The maximum Gasteiger partial charge on any atom is 0.271 e. The van der Waals surface area contributed by atoms with Gasteiger partial charge in [-0.3, -0.25) is 14.9 Å². The highest BCUT2D eigenvalue weighted by Crippen LogP contribution is 2.20. The highest BCUT2D eigenvalue weighted by Gasteiger charge is 2.13. The van der Waals surface area contributed by atoms with Crippen LogP contribution in [0.15, 0.2) is 47.6 Å². The van der Waals surface area contributed by atoms with E-state index in [-0.39, 0.29) is 11.3 Å². The van der Waals surface area contributed by atoms with Gasteiger partial charge in [0, 0.05) is 23.3 Å². The smallest absolute Gasteiger partial charge is 0.271 e. The summed E-state index contributed by atoms with van der Waals surface area (Å²) in [5, 5.41) is 15.0. The molecule has 0 aliphatic heterocycles. The molecule has 0 heterocycles. The average Bonchev–Trinajstić information content (AvgIpc) is 2.75. The first-order chi connectivity index (χ1) is 13.9. The molecule has 2 aromatic carbocycles. The van der Waals surface area contributed by atoms with E-state index in [0.717, 1.165) is 36.5 Å². The van der Waals surface area contributed by atoms with Crippen molar-refractivity contribution in [3.8, 4) is 5.75 Å². The molecule has 2 N–H and O–H groups in total. The van der Waals surface area contributed by atoms with E-state index in [1.807, 2.05) is 18.2 Å². The van der Waals surface area contributed by atoms with Crippen LogP contribution < -0.4 is 15.1 Å². The zero-order valence-electron chi connectivity index (χ0n) is 17.2. The number of quaternary nitrogens is 1. The Kier molecular flexibility index (Phi) is 7.85. The fourth-order valence-corrected chi connectivity index (χ4v) is 2.94. The van der Waals surface area contributed by atoms with E-state index in [1.54, 1.807) is 14.0 Å². The fraction of sp³-hybridized carbons (Fsp3) is 0.333. The molecule has 2 rings (SSSR count). The summed E-state index contributed by atoms with van der Waals surface area (Å²) < 4.78 is 5.48. The van der Waals surface area contributed by atoms with Gasteiger partial charge in [-0.05, 0) is 50.6 Å². The van der Waals surface area contributed by atoms with Gasteiger partial charge in [0.2, 0.25) is 0 Å². The van der Waals surface area contributed by atoms with Crippen LogP contribution in [0.2, 0.25) is 0 Å². The Morgan fingerprint density at radius 2 is 1.90 bits per heavy atom. The SMILES string of the molecule is CC[NH+](CC)Cc1cc(/C(C)=N\NC(=O)c2cccc([N+](=O)[O-])c2)ccc1OC. The minimum atomic E-state index is -0.540. The Morgan fingerprint density at radius 3 is 2.52 bits per heavy atom. The lowest BCUT2D eigenvalue weighted by Gasteiger charge is -2.18. The maximum absolute atomic E-state index is 12.3. The third kappa shape index (κ3) is 5.86. The first-order valence-corrected chi connectivity index (χ1v) is 9.49. The Balaban J connectivity index is 2.19. The molecule has 1 amide bonds. The molecule has 154 valence electrons. The van der Waals surface area contributed by atoms with Crippen molar-refractivity contribution in [3.05, 3.63) is 69.3 Å². The van der Waals surface area contributed by atoms with Gasteiger partial charge in [0.25, 0.3) is 11.6 Å². The summed E-state index contributed by atoms with van der Waals surface area (Å²) in [5.41, 5.74) is 5.07. The molecule has 0 atom stereocenters. The first-order valence-electron chi connectivity index (χ1n) is 9.49. The second-order valence-corrected chi connectivity index (χ2v) is 6.61. The van der Waals surface area contributed by atoms with Crippen LogP contribution >= 0.6 is 0 Å². The number of nitrogens with zero attached hydrogens (tertiary/aromatic N) is 2. The van der Waals surface area contributed by atoms with Crippen LogP contribution in [0.5, 0.6) is 5.75 Å². The van der Waals surface area contributed by atoms with E-state index in [4.69, 9.17) is 4.74 Å². The lowest BCUT2D eigenvalue weighted by Crippen LogP contribution is -3.10. The zero-order valence-corrected chi connectivity index (χ0v) is 17.2. The van der Waals surface area contributed by atoms with Gasteiger partial charge in [0.05, 0.1) is 30.8 Å². The number of benzene rings is 2. The number of amides is 1. The second kappa shape index (κ2) is 10.3. The third-order valence-electron chi connectivity index (χ3n) is 4.78. The largest absolute Gasteiger partial charge is 0.496 e. The number of hydrogen-bond acceptors (Lipinski definition) is 5. The minimum absolute atomic E-state index is 0.142. The summed E-state index contributed by atoms with van der Waals surface area (Å²) >= 11 is 0. The first kappa shape index (κ1) is 22.0. The number of carbonyl (C=O) groups is 1. The van der Waals surface area contributed by atoms with Crippen LogP contribution in [0.1, 0.15) is 42.3 Å². The van der Waals surface area contributed by atoms with Gasteiger partial charge in [0.1, 0.15) is 12.3 Å². The number of nitro groups is 1. The molecular formula is C21H27N4O4+. The molecule has 0 aliphatic carbocycles. The number of methoxy groups -OCH3 is 1. The molecule has 0 aromatic heterocycles. The molecule has 0 spiro atoms. The van der Waals surface area contributed by atoms with E-state index < -0.39 is 10.8 Å². The summed E-state index contributed by atoms with van der Waals surface area (Å²) in [5.74, 6) is 0.316. The van der Waals surface area contributed by atoms with Crippen molar-refractivity contribution in [2.75, 3.05) is 20.2 Å². The Morgan fingerprint density at radius 1 is 1.17 bits per heavy atom. The highest BCUT2D eigenvalue weighted by atomic mass is 16.6. The van der Waals surface area contributed by atoms with E-state index in [1.165, 1.54) is 29.2 Å². The van der Waals surface area contributed by atoms with Crippen molar-refractivity contribution in [1.82, 2.24) is 5.43 Å². The molecule has 0 bridgehead atoms. The zero-order chi connectivity index (χ0) is 21.4. The summed E-state index contributed by atoms with van der Waals surface area (Å²) in [6, 6.07) is 11.3. The van der Waals surface area contributed by atoms with E-state index in [0.29, 0.717) is 5.71 Å². The second-order valence-electron chi connectivity index (χ2n) is 6.61. The molecule has 0 saturated carbocycles. The van der Waals surface area contributed by atoms with Crippen molar-refractivity contribution >= 4 is 17.3 Å². The molecular weight excluding hydrogens is 372 g/mol. The van der Waals surface area contributed by atoms with Gasteiger partial charge >= 0.3 is 0 Å². The van der Waals surface area contributed by atoms with Gasteiger partial charge in [-0.15, -0.1) is 0 Å². The van der Waals surface area contributed by atoms with Gasteiger partial charge in [0.15, 0.2) is 0 Å². The Hall–Kier alpha value is -3.26. The molecule has 0 fully saturated rings. The van der Waals surface area contributed by atoms with Crippen LogP contribution in [0.3, 0.4) is 0 Å². The summed E-state index contributed by atoms with van der Waals surface area (Å²) in [7, 11) is 1.65. The quantitative estimate of drug-likeness (QED) is 0.384. The Bertz CT molecular complexity index is 907. The normalized spacial score (nSPS) is 11.4. The number of hydrazone groups is 1. The lowest BCUT2D eigenvalue weighted by molar-refractivity contribution is -0.910. The molecule has 2 aromatic rings. The minimum Gasteiger partial charge on any atom is -0.496 e. The topological polar surface area (TPSA) is 98.3 Å². The van der Waals surface area contributed by atoms with Crippen molar-refractivity contribution in [3.63, 3.8) is 0 Å². The third-order valence-corrected chi connectivity index (χ3v) is 4.78. The number of non-ortho nitro benzene ring substituents is 1. The van der Waals surface area contributed by atoms with Gasteiger partial charge in [-0.2, -0.15) is 5.10 Å². The lowest BCUT2D eigenvalue weighted by atomic mass is 10.1. The number of nitro benzene ring substituents is 1. The molecule has 0 radical (unpaired) electrons. The van der Waals surface area contributed by atoms with Crippen LogP contribution in [-0.4, -0.2) is 36.7 Å². The van der Waals surface area contributed by atoms with E-state index in [9.17, 15) is 14.9 Å². The van der Waals surface area contributed by atoms with Crippen molar-refractivity contribution in [1.29, 1.82) is 0 Å². The Labute approximate surface area is 170 Å². The van der Waals surface area contributed by atoms with Crippen LogP contribution in [-0.2, 0) is 6.54 Å². The number of rotatable bonds is 9. The number of nitrogens with one attached hydrogen (secondary N) is 2. The molecule has 0 unspecified atom stereocenters. The number of ether oxygens (including phenoxy) is 1. The van der Waals surface area contributed by atoms with Crippen molar-refractivity contribution < 1.29 is 19.4 Å². The predicted octanol–water partition coefficient (Wildman–Crippen LogP) is 2.18. The standard InChI is InChI=1S/C21H26N4O4/c1-5-24(6-2)14-18-12-16(10-11-20(18)29-4)15(3)22-23-21(26)17-8-7-9-19(13-17)25(27)28/h7-13H,5-6,14H2,1-4H3,(H,23,26)/p+1/b22-15-. The number of carbonyl (C=O) groups excluding carboxylic acids is 1. The summed E-state index contributed by atoms with van der Waals surface area (Å²) in [4.78, 5) is 24.0. The average molecular weight is 399 g/mol. The molecule has 29 heavy (non-hydrogen) atoms. The van der Waals surface area contributed by atoms with E-state index in [2.05, 4.69) is 24.4 Å². The van der Waals surface area contributed by atoms with Gasteiger partial charge < -0.3 is 9.64 Å². The predicted molar refractivity (Wildman–Crippen MR) is 112 cm³/mol.